The molecule has 1 fully saturated rings. The highest BCUT2D eigenvalue weighted by Gasteiger charge is 2.38. The molecule has 1 aliphatic rings. The van der Waals surface area contributed by atoms with Crippen molar-refractivity contribution < 1.29 is 32.6 Å². The van der Waals surface area contributed by atoms with E-state index in [1.807, 2.05) is 20.8 Å². The quantitative estimate of drug-likeness (QED) is 0.273. The number of benzene rings is 1. The molecule has 0 N–H and O–H groups in total. The Balaban J connectivity index is 2.42. The normalized spacial score (nSPS) is 16.3. The van der Waals surface area contributed by atoms with Crippen molar-refractivity contribution in [2.45, 2.75) is 86.0 Å². The van der Waals surface area contributed by atoms with Crippen LogP contribution in [0.15, 0.2) is 12.1 Å². The van der Waals surface area contributed by atoms with E-state index in [4.69, 9.17) is 14.2 Å². The molecule has 0 bridgehead atoms. The van der Waals surface area contributed by atoms with Gasteiger partial charge in [0.25, 0.3) is 0 Å². The lowest BCUT2D eigenvalue weighted by Crippen LogP contribution is -2.39. The fourth-order valence-electron chi connectivity index (χ4n) is 4.84. The number of hydrogen-bond donors (Lipinski definition) is 0. The number of hydrogen-bond acceptors (Lipinski definition) is 7. The minimum absolute atomic E-state index is 0.00628. The maximum absolute atomic E-state index is 15.0. The first-order valence-electron chi connectivity index (χ1n) is 13.2. The summed E-state index contributed by atoms with van der Waals surface area (Å²) in [6.45, 7) is 16.2. The lowest BCUT2D eigenvalue weighted by atomic mass is 9.81. The SMILES string of the molecule is COc1c(F)cc(-c2c(C=O)nc(C)c([C@H](OC(C)(C)C)C(=O)OC(C)C)c2N2CCC(C)(C)CC2)cc1F. The number of ether oxygens (including phenoxy) is 3. The van der Waals surface area contributed by atoms with Crippen LogP contribution in [0.2, 0.25) is 0 Å². The van der Waals surface area contributed by atoms with Crippen LogP contribution in [-0.4, -0.2) is 49.1 Å². The van der Waals surface area contributed by atoms with Crippen molar-refractivity contribution in [2.24, 2.45) is 5.41 Å². The van der Waals surface area contributed by atoms with Crippen LogP contribution in [0.25, 0.3) is 11.1 Å². The van der Waals surface area contributed by atoms with E-state index in [2.05, 4.69) is 23.7 Å². The van der Waals surface area contributed by atoms with Crippen LogP contribution in [0.3, 0.4) is 0 Å². The third kappa shape index (κ3) is 6.93. The number of aldehydes is 1. The van der Waals surface area contributed by atoms with E-state index < -0.39 is 41.2 Å². The second kappa shape index (κ2) is 11.6. The molecule has 2 aromatic rings. The smallest absolute Gasteiger partial charge is 0.340 e. The summed E-state index contributed by atoms with van der Waals surface area (Å²) in [6.07, 6.45) is 0.619. The molecule has 0 saturated carbocycles. The van der Waals surface area contributed by atoms with E-state index in [0.717, 1.165) is 25.0 Å². The predicted molar refractivity (Wildman–Crippen MR) is 146 cm³/mol. The number of aromatic nitrogens is 1. The van der Waals surface area contributed by atoms with Gasteiger partial charge in [0.1, 0.15) is 5.69 Å². The first-order chi connectivity index (χ1) is 18.1. The topological polar surface area (TPSA) is 78.0 Å². The number of carbonyl (C=O) groups is 2. The lowest BCUT2D eigenvalue weighted by molar-refractivity contribution is -0.171. The van der Waals surface area contributed by atoms with Crippen LogP contribution in [0.1, 0.15) is 89.2 Å². The molecule has 9 heteroatoms. The molecule has 0 spiro atoms. The van der Waals surface area contributed by atoms with Gasteiger partial charge in [0.2, 0.25) is 0 Å². The Morgan fingerprint density at radius 1 is 1.13 bits per heavy atom. The predicted octanol–water partition coefficient (Wildman–Crippen LogP) is 6.59. The highest BCUT2D eigenvalue weighted by molar-refractivity contribution is 5.96. The number of methoxy groups -OCH3 is 1. The third-order valence-corrected chi connectivity index (χ3v) is 6.76. The van der Waals surface area contributed by atoms with Gasteiger partial charge in [0.15, 0.2) is 29.8 Å². The lowest BCUT2D eigenvalue weighted by Gasteiger charge is -2.41. The molecule has 1 atom stereocenters. The molecule has 1 aliphatic heterocycles. The van der Waals surface area contributed by atoms with Crippen molar-refractivity contribution in [3.05, 3.63) is 40.7 Å². The van der Waals surface area contributed by atoms with Crippen molar-refractivity contribution in [2.75, 3.05) is 25.1 Å². The molecular weight excluding hydrogens is 506 g/mol. The molecular formula is C30H40F2N2O5. The molecule has 1 aromatic heterocycles. The second-order valence-corrected chi connectivity index (χ2v) is 12.1. The standard InChI is InChI=1S/C30H40F2N2O5/c1-17(2)38-28(36)27(39-29(4,5)6)23-18(3)33-22(16-35)24(19-14-20(31)26(37-9)21(32)15-19)25(23)34-12-10-30(7,8)11-13-34/h14-17,27H,10-13H2,1-9H3/t27-/m0/s1. The second-order valence-electron chi connectivity index (χ2n) is 12.1. The van der Waals surface area contributed by atoms with Crippen molar-refractivity contribution in [3.8, 4) is 16.9 Å². The Hall–Kier alpha value is -3.07. The van der Waals surface area contributed by atoms with Crippen molar-refractivity contribution in [3.63, 3.8) is 0 Å². The molecule has 39 heavy (non-hydrogen) atoms. The van der Waals surface area contributed by atoms with Gasteiger partial charge < -0.3 is 19.1 Å². The van der Waals surface area contributed by atoms with E-state index in [-0.39, 0.29) is 22.2 Å². The largest absolute Gasteiger partial charge is 0.491 e. The van der Waals surface area contributed by atoms with Crippen molar-refractivity contribution in [1.82, 2.24) is 4.98 Å². The Labute approximate surface area is 229 Å². The van der Waals surface area contributed by atoms with Gasteiger partial charge in [-0.1, -0.05) is 13.8 Å². The fraction of sp³-hybridized carbons (Fsp3) is 0.567. The first-order valence-corrected chi connectivity index (χ1v) is 13.2. The Morgan fingerprint density at radius 2 is 1.69 bits per heavy atom. The van der Waals surface area contributed by atoms with E-state index in [1.54, 1.807) is 20.8 Å². The summed E-state index contributed by atoms with van der Waals surface area (Å²) in [7, 11) is 1.18. The number of rotatable bonds is 8. The van der Waals surface area contributed by atoms with Gasteiger partial charge >= 0.3 is 5.97 Å². The Morgan fingerprint density at radius 3 is 2.15 bits per heavy atom. The van der Waals surface area contributed by atoms with Crippen molar-refractivity contribution in [1.29, 1.82) is 0 Å². The van der Waals surface area contributed by atoms with Gasteiger partial charge in [-0.25, -0.2) is 18.6 Å². The summed E-state index contributed by atoms with van der Waals surface area (Å²) in [5.41, 5.74) is 0.959. The molecule has 1 aromatic carbocycles. The Bertz CT molecular complexity index is 1200. The zero-order valence-electron chi connectivity index (χ0n) is 24.4. The van der Waals surface area contributed by atoms with Gasteiger partial charge in [-0.15, -0.1) is 0 Å². The summed E-state index contributed by atoms with van der Waals surface area (Å²) in [5.74, 6) is -2.97. The highest BCUT2D eigenvalue weighted by Crippen LogP contribution is 2.45. The highest BCUT2D eigenvalue weighted by atomic mass is 19.1. The van der Waals surface area contributed by atoms with Gasteiger partial charge in [0, 0.05) is 29.9 Å². The molecule has 214 valence electrons. The van der Waals surface area contributed by atoms with Crippen LogP contribution in [0.4, 0.5) is 14.5 Å². The summed E-state index contributed by atoms with van der Waals surface area (Å²) in [6, 6.07) is 2.24. The maximum atomic E-state index is 15.0. The van der Waals surface area contributed by atoms with Crippen LogP contribution in [0.5, 0.6) is 5.75 Å². The van der Waals surface area contributed by atoms with Gasteiger partial charge in [0.05, 0.1) is 24.5 Å². The first kappa shape index (κ1) is 30.5. The van der Waals surface area contributed by atoms with Crippen LogP contribution < -0.4 is 9.64 Å². The van der Waals surface area contributed by atoms with E-state index in [9.17, 15) is 18.4 Å². The maximum Gasteiger partial charge on any atom is 0.340 e. The molecule has 0 aliphatic carbocycles. The van der Waals surface area contributed by atoms with Crippen LogP contribution >= 0.6 is 0 Å². The summed E-state index contributed by atoms with van der Waals surface area (Å²) in [4.78, 5) is 32.4. The number of nitrogens with zero attached hydrogens (tertiary/aromatic N) is 2. The third-order valence-electron chi connectivity index (χ3n) is 6.76. The number of halogens is 2. The van der Waals surface area contributed by atoms with Crippen LogP contribution in [-0.2, 0) is 14.3 Å². The zero-order chi connectivity index (χ0) is 29.3. The minimum atomic E-state index is -1.20. The van der Waals surface area contributed by atoms with Gasteiger partial charge in [-0.05, 0) is 77.5 Å². The molecule has 0 unspecified atom stereocenters. The van der Waals surface area contributed by atoms with Crippen LogP contribution in [0, 0.1) is 24.0 Å². The van der Waals surface area contributed by atoms with Gasteiger partial charge in [-0.2, -0.15) is 0 Å². The molecule has 3 rings (SSSR count). The van der Waals surface area contributed by atoms with E-state index in [0.29, 0.717) is 36.3 Å². The van der Waals surface area contributed by atoms with E-state index >= 15 is 0 Å². The number of anilines is 1. The van der Waals surface area contributed by atoms with Gasteiger partial charge in [-0.3, -0.25) is 4.79 Å². The fourth-order valence-corrected chi connectivity index (χ4v) is 4.84. The average molecular weight is 547 g/mol. The summed E-state index contributed by atoms with van der Waals surface area (Å²) >= 11 is 0. The van der Waals surface area contributed by atoms with E-state index in [1.165, 1.54) is 7.11 Å². The molecule has 7 nitrogen and oxygen atoms in total. The van der Waals surface area contributed by atoms with Crippen molar-refractivity contribution >= 4 is 17.9 Å². The summed E-state index contributed by atoms with van der Waals surface area (Å²) in [5, 5.41) is 0. The monoisotopic (exact) mass is 546 g/mol. The minimum Gasteiger partial charge on any atom is -0.491 e. The number of carbonyl (C=O) groups excluding carboxylic acids is 2. The number of esters is 1. The number of piperidine rings is 1. The zero-order valence-corrected chi connectivity index (χ0v) is 24.4. The molecule has 1 saturated heterocycles. The Kier molecular flexibility index (Phi) is 9.05. The number of pyridine rings is 1. The molecule has 2 heterocycles. The average Bonchev–Trinajstić information content (AvgIpc) is 2.81. The molecule has 0 amide bonds. The molecule has 0 radical (unpaired) electrons. The number of aryl methyl sites for hydroxylation is 1. The summed E-state index contributed by atoms with van der Waals surface area (Å²) < 4.78 is 46.7.